The number of allylic oxidation sites excluding steroid dienone is 4. The van der Waals surface area contributed by atoms with Crippen molar-refractivity contribution >= 4 is 51.4 Å². The van der Waals surface area contributed by atoms with Gasteiger partial charge in [-0.1, -0.05) is 115 Å². The highest BCUT2D eigenvalue weighted by atomic mass is 15.2. The lowest BCUT2D eigenvalue weighted by atomic mass is 9.99. The molecule has 2 heteroatoms. The number of fused-ring (bicyclic) bond motifs is 2. The fraction of sp³-hybridized carbons (Fsp3) is 0.0455. The van der Waals surface area contributed by atoms with Crippen molar-refractivity contribution in [1.82, 2.24) is 0 Å². The minimum Gasteiger partial charge on any atom is -0.314 e. The van der Waals surface area contributed by atoms with Crippen molar-refractivity contribution in [2.75, 3.05) is 9.80 Å². The Bertz CT molecular complexity index is 2200. The zero-order chi connectivity index (χ0) is 30.7. The number of nitrogens with zero attached hydrogens (tertiary/aromatic N) is 2. The minimum absolute atomic E-state index is 0.993. The van der Waals surface area contributed by atoms with E-state index < -0.39 is 0 Å². The fourth-order valence-corrected chi connectivity index (χ4v) is 6.53. The first-order chi connectivity index (χ1) is 22.8. The molecule has 0 saturated heterocycles. The summed E-state index contributed by atoms with van der Waals surface area (Å²) in [7, 11) is 0. The molecule has 0 heterocycles. The maximum absolute atomic E-state index is 3.17. The lowest BCUT2D eigenvalue weighted by molar-refractivity contribution is 0.917. The summed E-state index contributed by atoms with van der Waals surface area (Å²) in [5.74, 6) is 0. The van der Waals surface area contributed by atoms with Crippen molar-refractivity contribution in [3.05, 3.63) is 186 Å². The number of hydrogen-bond acceptors (Lipinski definition) is 2. The first-order valence-electron chi connectivity index (χ1n) is 15.8. The van der Waals surface area contributed by atoms with Gasteiger partial charge >= 0.3 is 0 Å². The minimum atomic E-state index is 0.993. The second-order valence-electron chi connectivity index (χ2n) is 11.6. The van der Waals surface area contributed by atoms with Gasteiger partial charge in [0, 0.05) is 33.7 Å². The van der Waals surface area contributed by atoms with E-state index in [4.69, 9.17) is 0 Å². The molecule has 0 aliphatic heterocycles. The summed E-state index contributed by atoms with van der Waals surface area (Å²) in [6.45, 7) is 0. The molecule has 46 heavy (non-hydrogen) atoms. The van der Waals surface area contributed by atoms with Gasteiger partial charge in [-0.2, -0.15) is 0 Å². The second kappa shape index (κ2) is 12.2. The predicted octanol–water partition coefficient (Wildman–Crippen LogP) is 12.1. The van der Waals surface area contributed by atoms with Crippen LogP contribution in [0, 0.1) is 0 Å². The van der Waals surface area contributed by atoms with E-state index >= 15 is 0 Å². The van der Waals surface area contributed by atoms with Crippen LogP contribution in [-0.2, 0) is 0 Å². The molecule has 0 N–H and O–H groups in total. The molecule has 0 unspecified atom stereocenters. The van der Waals surface area contributed by atoms with E-state index in [1.807, 2.05) is 12.2 Å². The summed E-state index contributed by atoms with van der Waals surface area (Å²) in [5.41, 5.74) is 18.0. The fourth-order valence-electron chi connectivity index (χ4n) is 6.53. The van der Waals surface area contributed by atoms with E-state index in [1.165, 1.54) is 33.2 Å². The van der Waals surface area contributed by atoms with Gasteiger partial charge in [0.25, 0.3) is 0 Å². The molecule has 0 radical (unpaired) electrons. The third-order valence-electron chi connectivity index (χ3n) is 8.77. The molecule has 0 fully saturated rings. The summed E-state index contributed by atoms with van der Waals surface area (Å²) in [5, 5.41) is 2.45. The first kappa shape index (κ1) is 27.5. The lowest BCUT2D eigenvalue weighted by Gasteiger charge is -2.31. The van der Waals surface area contributed by atoms with Gasteiger partial charge in [-0.3, -0.25) is 0 Å². The molecule has 0 spiro atoms. The lowest BCUT2D eigenvalue weighted by Crippen LogP contribution is -2.18. The van der Waals surface area contributed by atoms with E-state index in [0.29, 0.717) is 0 Å². The predicted molar refractivity (Wildman–Crippen MR) is 195 cm³/mol. The number of benzene rings is 6. The van der Waals surface area contributed by atoms with Crippen molar-refractivity contribution in [2.24, 2.45) is 0 Å². The van der Waals surface area contributed by atoms with Crippen molar-refractivity contribution in [1.29, 1.82) is 0 Å². The molecule has 0 atom stereocenters. The molecule has 0 aromatic heterocycles. The molecule has 6 aromatic carbocycles. The van der Waals surface area contributed by atoms with Crippen molar-refractivity contribution in [3.8, 4) is 11.1 Å². The quantitative estimate of drug-likeness (QED) is 0.171. The monoisotopic (exact) mass is 588 g/mol. The number of hydrogen-bond donors (Lipinski definition) is 0. The van der Waals surface area contributed by atoms with E-state index in [-0.39, 0.29) is 0 Å². The van der Waals surface area contributed by atoms with Gasteiger partial charge in [0.05, 0.1) is 11.4 Å². The van der Waals surface area contributed by atoms with Crippen LogP contribution in [0.1, 0.15) is 24.0 Å². The van der Waals surface area contributed by atoms with Crippen LogP contribution in [0.25, 0.3) is 34.1 Å². The summed E-state index contributed by atoms with van der Waals surface area (Å²) in [6.07, 6.45) is 12.7. The van der Waals surface area contributed by atoms with Gasteiger partial charge in [0.15, 0.2) is 0 Å². The van der Waals surface area contributed by atoms with Gasteiger partial charge in [-0.25, -0.2) is 0 Å². The highest BCUT2D eigenvalue weighted by molar-refractivity contribution is 5.99. The number of rotatable bonds is 7. The average Bonchev–Trinajstić information content (AvgIpc) is 3.14. The van der Waals surface area contributed by atoms with E-state index in [2.05, 4.69) is 179 Å². The SMILES string of the molecule is C1=C=Cc2c(cccc2N(C2=CC=CCC2)c2ccc(-c3ccc(N(c4ccccc4)c4cccc5ccccc45)cc3)cc2)C=1. The zero-order valence-electron chi connectivity index (χ0n) is 25.5. The second-order valence-corrected chi connectivity index (χ2v) is 11.6. The van der Waals surface area contributed by atoms with Gasteiger partial charge < -0.3 is 9.80 Å². The Kier molecular flexibility index (Phi) is 7.27. The van der Waals surface area contributed by atoms with Gasteiger partial charge in [0.2, 0.25) is 0 Å². The summed E-state index contributed by atoms with van der Waals surface area (Å²) >= 11 is 0. The molecule has 0 saturated carbocycles. The van der Waals surface area contributed by atoms with E-state index in [0.717, 1.165) is 46.8 Å². The van der Waals surface area contributed by atoms with Crippen LogP contribution < -0.4 is 9.80 Å². The van der Waals surface area contributed by atoms with Crippen molar-refractivity contribution in [2.45, 2.75) is 12.8 Å². The molecule has 2 nitrogen and oxygen atoms in total. The summed E-state index contributed by atoms with van der Waals surface area (Å²) in [6, 6.07) is 50.1. The van der Waals surface area contributed by atoms with Crippen LogP contribution >= 0.6 is 0 Å². The van der Waals surface area contributed by atoms with Gasteiger partial charge in [0.1, 0.15) is 0 Å². The van der Waals surface area contributed by atoms with Crippen molar-refractivity contribution < 1.29 is 0 Å². The molecular weight excluding hydrogens is 556 g/mol. The van der Waals surface area contributed by atoms with Crippen LogP contribution in [0.5, 0.6) is 0 Å². The normalized spacial score (nSPS) is 13.0. The smallest absolute Gasteiger partial charge is 0.0543 e. The topological polar surface area (TPSA) is 6.48 Å². The van der Waals surface area contributed by atoms with Crippen LogP contribution in [0.3, 0.4) is 0 Å². The third-order valence-corrected chi connectivity index (χ3v) is 8.77. The standard InChI is InChI=1S/C44H32N2/c1-3-17-37(18-4-1)45(43-23-11-15-35-13-7-9-21-41(35)43)39-29-25-33(26-30-39)34-27-31-40(32-28-34)46(38-19-5-2-6-20-38)44-24-12-16-36-14-8-10-22-42(36)44/h1-5,7,9,11-19,21-32H,6,20H2. The Morgan fingerprint density at radius 1 is 0.500 bits per heavy atom. The molecule has 8 rings (SSSR count). The van der Waals surface area contributed by atoms with E-state index in [1.54, 1.807) is 0 Å². The Hall–Kier alpha value is -6.04. The highest BCUT2D eigenvalue weighted by Gasteiger charge is 2.20. The average molecular weight is 589 g/mol. The first-order valence-corrected chi connectivity index (χ1v) is 15.8. The Balaban J connectivity index is 1.15. The van der Waals surface area contributed by atoms with Gasteiger partial charge in [-0.15, -0.1) is 0 Å². The van der Waals surface area contributed by atoms with Crippen LogP contribution in [0.4, 0.5) is 28.4 Å². The van der Waals surface area contributed by atoms with Crippen LogP contribution in [0.2, 0.25) is 0 Å². The molecule has 0 amide bonds. The Morgan fingerprint density at radius 3 is 1.89 bits per heavy atom. The van der Waals surface area contributed by atoms with Crippen LogP contribution in [0.15, 0.2) is 175 Å². The molecule has 2 aliphatic rings. The third kappa shape index (κ3) is 5.19. The van der Waals surface area contributed by atoms with Crippen molar-refractivity contribution in [3.63, 3.8) is 0 Å². The number of anilines is 5. The Morgan fingerprint density at radius 2 is 1.13 bits per heavy atom. The molecule has 218 valence electrons. The Labute approximate surface area is 270 Å². The molecule has 2 aliphatic carbocycles. The molecular formula is C44H32N2. The van der Waals surface area contributed by atoms with Crippen LogP contribution in [-0.4, -0.2) is 0 Å². The maximum atomic E-state index is 3.17. The molecule has 6 aromatic rings. The zero-order valence-corrected chi connectivity index (χ0v) is 25.5. The molecule has 0 bridgehead atoms. The number of para-hydroxylation sites is 1. The summed E-state index contributed by atoms with van der Waals surface area (Å²) in [4.78, 5) is 4.74. The highest BCUT2D eigenvalue weighted by Crippen LogP contribution is 2.41. The largest absolute Gasteiger partial charge is 0.314 e. The van der Waals surface area contributed by atoms with Gasteiger partial charge in [-0.05, 0) is 102 Å². The van der Waals surface area contributed by atoms with E-state index in [9.17, 15) is 0 Å². The summed E-state index contributed by atoms with van der Waals surface area (Å²) < 4.78 is 0. The maximum Gasteiger partial charge on any atom is 0.0543 e.